The lowest BCUT2D eigenvalue weighted by Crippen LogP contribution is -2.11. The fourth-order valence-corrected chi connectivity index (χ4v) is 1.47. The summed E-state index contributed by atoms with van der Waals surface area (Å²) in [6.07, 6.45) is 1.68. The maximum absolute atomic E-state index is 5.79. The highest BCUT2D eigenvalue weighted by molar-refractivity contribution is 6.30. The molecule has 1 heterocycles. The molecule has 0 radical (unpaired) electrons. The van der Waals surface area contributed by atoms with Gasteiger partial charge in [0.2, 0.25) is 0 Å². The minimum atomic E-state index is 0.746. The van der Waals surface area contributed by atoms with Gasteiger partial charge in [-0.1, -0.05) is 23.7 Å². The zero-order valence-electron chi connectivity index (χ0n) is 8.24. The van der Waals surface area contributed by atoms with Gasteiger partial charge in [-0.25, -0.2) is 0 Å². The molecular formula is C12H12ClNO. The highest BCUT2D eigenvalue weighted by atomic mass is 35.5. The van der Waals surface area contributed by atoms with Gasteiger partial charge in [0.25, 0.3) is 0 Å². The fraction of sp³-hybridized carbons (Fsp3) is 0.167. The van der Waals surface area contributed by atoms with E-state index in [1.165, 1.54) is 5.56 Å². The lowest BCUT2D eigenvalue weighted by molar-refractivity contribution is 0.483. The summed E-state index contributed by atoms with van der Waals surface area (Å²) in [4.78, 5) is 0. The van der Waals surface area contributed by atoms with Gasteiger partial charge in [0, 0.05) is 11.6 Å². The van der Waals surface area contributed by atoms with E-state index in [0.29, 0.717) is 0 Å². The average molecular weight is 222 g/mol. The molecular weight excluding hydrogens is 210 g/mol. The molecule has 0 aliphatic rings. The Morgan fingerprint density at radius 3 is 2.53 bits per heavy atom. The van der Waals surface area contributed by atoms with Gasteiger partial charge in [-0.05, 0) is 29.8 Å². The molecule has 2 rings (SSSR count). The maximum Gasteiger partial charge on any atom is 0.117 e. The summed E-state index contributed by atoms with van der Waals surface area (Å²) in [5.74, 6) is 0.948. The first-order chi connectivity index (χ1) is 7.34. The average Bonchev–Trinajstić information content (AvgIpc) is 2.74. The van der Waals surface area contributed by atoms with Crippen molar-refractivity contribution in [2.45, 2.75) is 13.1 Å². The standard InChI is InChI=1S/C12H12ClNO/c13-11-5-3-10(4-6-11)8-14-9-12-2-1-7-15-12/h1-7,14H,8-9H2. The van der Waals surface area contributed by atoms with Gasteiger partial charge in [0.1, 0.15) is 5.76 Å². The first-order valence-electron chi connectivity index (χ1n) is 4.82. The second-order valence-corrected chi connectivity index (χ2v) is 3.75. The molecule has 0 spiro atoms. The monoisotopic (exact) mass is 221 g/mol. The SMILES string of the molecule is Clc1ccc(CNCc2ccco2)cc1. The number of benzene rings is 1. The van der Waals surface area contributed by atoms with E-state index in [1.54, 1.807) is 6.26 Å². The molecule has 0 aliphatic carbocycles. The summed E-state index contributed by atoms with van der Waals surface area (Å²) in [6.45, 7) is 1.56. The highest BCUT2D eigenvalue weighted by Gasteiger charge is 1.95. The number of hydrogen-bond donors (Lipinski definition) is 1. The van der Waals surface area contributed by atoms with Crippen LogP contribution in [0.1, 0.15) is 11.3 Å². The second kappa shape index (κ2) is 5.01. The second-order valence-electron chi connectivity index (χ2n) is 3.31. The summed E-state index contributed by atoms with van der Waals surface area (Å²) in [7, 11) is 0. The Balaban J connectivity index is 1.81. The molecule has 78 valence electrons. The zero-order chi connectivity index (χ0) is 10.5. The van der Waals surface area contributed by atoms with Crippen molar-refractivity contribution >= 4 is 11.6 Å². The van der Waals surface area contributed by atoms with Crippen LogP contribution in [0.4, 0.5) is 0 Å². The largest absolute Gasteiger partial charge is 0.468 e. The third-order valence-electron chi connectivity index (χ3n) is 2.12. The maximum atomic E-state index is 5.79. The van der Waals surface area contributed by atoms with Crippen LogP contribution in [-0.2, 0) is 13.1 Å². The van der Waals surface area contributed by atoms with Crippen molar-refractivity contribution in [2.75, 3.05) is 0 Å². The lowest BCUT2D eigenvalue weighted by Gasteiger charge is -2.02. The van der Waals surface area contributed by atoms with Crippen LogP contribution in [-0.4, -0.2) is 0 Å². The Bertz CT molecular complexity index is 394. The highest BCUT2D eigenvalue weighted by Crippen LogP contribution is 2.09. The smallest absolute Gasteiger partial charge is 0.117 e. The Labute approximate surface area is 93.9 Å². The third-order valence-corrected chi connectivity index (χ3v) is 2.37. The van der Waals surface area contributed by atoms with Crippen LogP contribution in [0.2, 0.25) is 5.02 Å². The van der Waals surface area contributed by atoms with Crippen LogP contribution in [0.25, 0.3) is 0 Å². The normalized spacial score (nSPS) is 10.5. The quantitative estimate of drug-likeness (QED) is 0.858. The van der Waals surface area contributed by atoms with Gasteiger partial charge in [0.05, 0.1) is 12.8 Å². The molecule has 0 aliphatic heterocycles. The van der Waals surface area contributed by atoms with Crippen LogP contribution < -0.4 is 5.32 Å². The Kier molecular flexibility index (Phi) is 3.43. The Morgan fingerprint density at radius 2 is 1.87 bits per heavy atom. The molecule has 0 unspecified atom stereocenters. The summed E-state index contributed by atoms with van der Waals surface area (Å²) in [5.41, 5.74) is 1.21. The molecule has 1 aromatic heterocycles. The molecule has 1 aromatic carbocycles. The molecule has 1 N–H and O–H groups in total. The summed E-state index contributed by atoms with van der Waals surface area (Å²) in [6, 6.07) is 11.7. The molecule has 0 saturated heterocycles. The van der Waals surface area contributed by atoms with E-state index in [-0.39, 0.29) is 0 Å². The molecule has 0 saturated carbocycles. The van der Waals surface area contributed by atoms with Gasteiger partial charge in [-0.3, -0.25) is 0 Å². The number of hydrogen-bond acceptors (Lipinski definition) is 2. The zero-order valence-corrected chi connectivity index (χ0v) is 9.00. The fourth-order valence-electron chi connectivity index (χ4n) is 1.35. The molecule has 2 aromatic rings. The van der Waals surface area contributed by atoms with Crippen molar-refractivity contribution in [1.82, 2.24) is 5.32 Å². The minimum Gasteiger partial charge on any atom is -0.468 e. The van der Waals surface area contributed by atoms with Crippen LogP contribution >= 0.6 is 11.6 Å². The van der Waals surface area contributed by atoms with E-state index < -0.39 is 0 Å². The third kappa shape index (κ3) is 3.11. The summed E-state index contributed by atoms with van der Waals surface area (Å²) >= 11 is 5.79. The van der Waals surface area contributed by atoms with Gasteiger partial charge < -0.3 is 9.73 Å². The van der Waals surface area contributed by atoms with E-state index in [1.807, 2.05) is 36.4 Å². The molecule has 0 bridgehead atoms. The molecule has 2 nitrogen and oxygen atoms in total. The van der Waals surface area contributed by atoms with Crippen LogP contribution in [0.5, 0.6) is 0 Å². The molecule has 0 amide bonds. The summed E-state index contributed by atoms with van der Waals surface area (Å²) < 4.78 is 5.21. The van der Waals surface area contributed by atoms with Crippen molar-refractivity contribution in [3.8, 4) is 0 Å². The number of halogens is 1. The van der Waals surface area contributed by atoms with Crippen molar-refractivity contribution in [3.05, 3.63) is 59.0 Å². The molecule has 0 atom stereocenters. The van der Waals surface area contributed by atoms with Crippen molar-refractivity contribution in [2.24, 2.45) is 0 Å². The predicted octanol–water partition coefficient (Wildman–Crippen LogP) is 3.22. The van der Waals surface area contributed by atoms with E-state index in [2.05, 4.69) is 5.32 Å². The number of rotatable bonds is 4. The van der Waals surface area contributed by atoms with E-state index in [9.17, 15) is 0 Å². The first kappa shape index (κ1) is 10.3. The van der Waals surface area contributed by atoms with Gasteiger partial charge in [0.15, 0.2) is 0 Å². The van der Waals surface area contributed by atoms with E-state index in [0.717, 1.165) is 23.9 Å². The van der Waals surface area contributed by atoms with Crippen molar-refractivity contribution in [3.63, 3.8) is 0 Å². The predicted molar refractivity (Wildman–Crippen MR) is 60.7 cm³/mol. The van der Waals surface area contributed by atoms with Gasteiger partial charge in [-0.2, -0.15) is 0 Å². The Morgan fingerprint density at radius 1 is 1.07 bits per heavy atom. The minimum absolute atomic E-state index is 0.746. The van der Waals surface area contributed by atoms with Crippen molar-refractivity contribution < 1.29 is 4.42 Å². The van der Waals surface area contributed by atoms with E-state index in [4.69, 9.17) is 16.0 Å². The van der Waals surface area contributed by atoms with Gasteiger partial charge in [-0.15, -0.1) is 0 Å². The van der Waals surface area contributed by atoms with Crippen molar-refractivity contribution in [1.29, 1.82) is 0 Å². The van der Waals surface area contributed by atoms with E-state index >= 15 is 0 Å². The first-order valence-corrected chi connectivity index (χ1v) is 5.20. The van der Waals surface area contributed by atoms with Crippen LogP contribution in [0, 0.1) is 0 Å². The molecule has 15 heavy (non-hydrogen) atoms. The molecule has 3 heteroatoms. The van der Waals surface area contributed by atoms with Crippen LogP contribution in [0.3, 0.4) is 0 Å². The van der Waals surface area contributed by atoms with Gasteiger partial charge >= 0.3 is 0 Å². The van der Waals surface area contributed by atoms with Crippen LogP contribution in [0.15, 0.2) is 47.1 Å². The topological polar surface area (TPSA) is 25.2 Å². The molecule has 0 fully saturated rings. The number of furan rings is 1. The summed E-state index contributed by atoms with van der Waals surface area (Å²) in [5, 5.41) is 4.06. The lowest BCUT2D eigenvalue weighted by atomic mass is 10.2. The number of nitrogens with one attached hydrogen (secondary N) is 1. The Hall–Kier alpha value is -1.25.